The van der Waals surface area contributed by atoms with E-state index in [4.69, 9.17) is 0 Å². The molecule has 1 unspecified atom stereocenters. The molecule has 1 aromatic heterocycles. The van der Waals surface area contributed by atoms with Crippen molar-refractivity contribution in [1.82, 2.24) is 15.1 Å². The fourth-order valence-electron chi connectivity index (χ4n) is 1.97. The van der Waals surface area contributed by atoms with Crippen LogP contribution in [0.3, 0.4) is 0 Å². The van der Waals surface area contributed by atoms with E-state index in [2.05, 4.69) is 47.1 Å². The first-order valence-corrected chi connectivity index (χ1v) is 7.26. The lowest BCUT2D eigenvalue weighted by atomic mass is 10.0. The van der Waals surface area contributed by atoms with Crippen LogP contribution in [0.25, 0.3) is 0 Å². The minimum atomic E-state index is 0.402. The summed E-state index contributed by atoms with van der Waals surface area (Å²) in [5.41, 5.74) is 1.26. The van der Waals surface area contributed by atoms with Gasteiger partial charge in [-0.25, -0.2) is 0 Å². The number of nitrogens with zero attached hydrogens (tertiary/aromatic N) is 2. The quantitative estimate of drug-likeness (QED) is 0.833. The van der Waals surface area contributed by atoms with E-state index in [0.717, 1.165) is 29.8 Å². The number of halogens is 1. The van der Waals surface area contributed by atoms with Crippen molar-refractivity contribution in [3.05, 3.63) is 16.4 Å². The van der Waals surface area contributed by atoms with Crippen molar-refractivity contribution in [1.29, 1.82) is 0 Å². The maximum Gasteiger partial charge on any atom is 0.0692 e. The lowest BCUT2D eigenvalue weighted by molar-refractivity contribution is 0.420. The van der Waals surface area contributed by atoms with Crippen molar-refractivity contribution < 1.29 is 0 Å². The standard InChI is InChI=1S/C13H24BrN3/c1-5-8-15-12(7-6-10(2)3)13-11(14)9-16-17(13)4/h9-10,12,15H,5-8H2,1-4H3. The van der Waals surface area contributed by atoms with Gasteiger partial charge in [0.05, 0.1) is 22.4 Å². The Morgan fingerprint density at radius 2 is 2.12 bits per heavy atom. The third kappa shape index (κ3) is 4.43. The average molecular weight is 302 g/mol. The summed E-state index contributed by atoms with van der Waals surface area (Å²) in [6.07, 6.45) is 5.44. The molecule has 3 nitrogen and oxygen atoms in total. The van der Waals surface area contributed by atoms with Crippen LogP contribution in [0.5, 0.6) is 0 Å². The summed E-state index contributed by atoms with van der Waals surface area (Å²) in [5, 5.41) is 7.92. The van der Waals surface area contributed by atoms with E-state index in [0.29, 0.717) is 6.04 Å². The molecule has 1 heterocycles. The molecule has 0 aliphatic rings. The molecule has 1 aromatic rings. The Kier molecular flexibility index (Phi) is 6.20. The molecule has 98 valence electrons. The molecule has 4 heteroatoms. The van der Waals surface area contributed by atoms with Crippen LogP contribution in [0.1, 0.15) is 51.8 Å². The third-order valence-corrected chi connectivity index (χ3v) is 3.55. The highest BCUT2D eigenvalue weighted by atomic mass is 79.9. The van der Waals surface area contributed by atoms with Crippen LogP contribution in [-0.2, 0) is 7.05 Å². The van der Waals surface area contributed by atoms with Crippen LogP contribution in [0.2, 0.25) is 0 Å². The first-order valence-electron chi connectivity index (χ1n) is 6.47. The number of rotatable bonds is 7. The molecular weight excluding hydrogens is 278 g/mol. The predicted molar refractivity (Wildman–Crippen MR) is 76.0 cm³/mol. The Bertz CT molecular complexity index is 314. The fraction of sp³-hybridized carbons (Fsp3) is 0.769. The molecule has 0 aliphatic carbocycles. The second-order valence-electron chi connectivity index (χ2n) is 4.98. The Morgan fingerprint density at radius 1 is 1.41 bits per heavy atom. The molecule has 0 aromatic carbocycles. The molecule has 0 bridgehead atoms. The summed E-state index contributed by atoms with van der Waals surface area (Å²) in [6, 6.07) is 0.402. The van der Waals surface area contributed by atoms with Gasteiger partial charge in [0, 0.05) is 7.05 Å². The summed E-state index contributed by atoms with van der Waals surface area (Å²) < 4.78 is 3.08. The fourth-order valence-corrected chi connectivity index (χ4v) is 2.59. The topological polar surface area (TPSA) is 29.9 Å². The van der Waals surface area contributed by atoms with Gasteiger partial charge in [-0.2, -0.15) is 5.10 Å². The van der Waals surface area contributed by atoms with Gasteiger partial charge in [-0.3, -0.25) is 4.68 Å². The monoisotopic (exact) mass is 301 g/mol. The highest BCUT2D eigenvalue weighted by Gasteiger charge is 2.18. The van der Waals surface area contributed by atoms with Gasteiger partial charge in [0.1, 0.15) is 0 Å². The summed E-state index contributed by atoms with van der Waals surface area (Å²) in [7, 11) is 2.01. The van der Waals surface area contributed by atoms with E-state index in [1.165, 1.54) is 12.1 Å². The highest BCUT2D eigenvalue weighted by molar-refractivity contribution is 9.10. The first-order chi connectivity index (χ1) is 8.06. The molecule has 17 heavy (non-hydrogen) atoms. The van der Waals surface area contributed by atoms with Gasteiger partial charge < -0.3 is 5.32 Å². The molecule has 1 atom stereocenters. The zero-order valence-corrected chi connectivity index (χ0v) is 12.9. The Labute approximate surface area is 113 Å². The second kappa shape index (κ2) is 7.17. The van der Waals surface area contributed by atoms with Crippen molar-refractivity contribution in [2.45, 2.75) is 46.1 Å². The van der Waals surface area contributed by atoms with E-state index in [9.17, 15) is 0 Å². The van der Waals surface area contributed by atoms with E-state index < -0.39 is 0 Å². The van der Waals surface area contributed by atoms with Crippen molar-refractivity contribution in [3.63, 3.8) is 0 Å². The van der Waals surface area contributed by atoms with Gasteiger partial charge in [-0.1, -0.05) is 20.8 Å². The van der Waals surface area contributed by atoms with Crippen LogP contribution in [0.4, 0.5) is 0 Å². The number of hydrogen-bond donors (Lipinski definition) is 1. The molecule has 0 radical (unpaired) electrons. The molecule has 1 rings (SSSR count). The largest absolute Gasteiger partial charge is 0.309 e. The van der Waals surface area contributed by atoms with Crippen molar-refractivity contribution in [3.8, 4) is 0 Å². The zero-order chi connectivity index (χ0) is 12.8. The molecule has 0 saturated heterocycles. The molecule has 0 fully saturated rings. The van der Waals surface area contributed by atoms with Gasteiger partial charge in [0.25, 0.3) is 0 Å². The highest BCUT2D eigenvalue weighted by Crippen LogP contribution is 2.27. The normalized spacial score (nSPS) is 13.3. The number of aryl methyl sites for hydroxylation is 1. The maximum absolute atomic E-state index is 4.30. The SMILES string of the molecule is CCCNC(CCC(C)C)c1c(Br)cnn1C. The van der Waals surface area contributed by atoms with Crippen LogP contribution in [-0.4, -0.2) is 16.3 Å². The summed E-state index contributed by atoms with van der Waals surface area (Å²) >= 11 is 3.59. The van der Waals surface area contributed by atoms with Crippen molar-refractivity contribution in [2.75, 3.05) is 6.54 Å². The van der Waals surface area contributed by atoms with E-state index >= 15 is 0 Å². The molecule has 0 spiro atoms. The van der Waals surface area contributed by atoms with Crippen molar-refractivity contribution >= 4 is 15.9 Å². The molecule has 0 saturated carbocycles. The Hall–Kier alpha value is -0.350. The smallest absolute Gasteiger partial charge is 0.0692 e. The lowest BCUT2D eigenvalue weighted by Crippen LogP contribution is -2.25. The maximum atomic E-state index is 4.30. The van der Waals surface area contributed by atoms with E-state index in [-0.39, 0.29) is 0 Å². The summed E-state index contributed by atoms with van der Waals surface area (Å²) in [4.78, 5) is 0. The third-order valence-electron chi connectivity index (χ3n) is 2.94. The minimum absolute atomic E-state index is 0.402. The van der Waals surface area contributed by atoms with Crippen LogP contribution < -0.4 is 5.32 Å². The predicted octanol–water partition coefficient (Wildman–Crippen LogP) is 3.66. The lowest BCUT2D eigenvalue weighted by Gasteiger charge is -2.20. The van der Waals surface area contributed by atoms with Gasteiger partial charge in [-0.05, 0) is 47.7 Å². The summed E-state index contributed by atoms with van der Waals surface area (Å²) in [6.45, 7) is 7.80. The first kappa shape index (κ1) is 14.7. The van der Waals surface area contributed by atoms with Gasteiger partial charge in [-0.15, -0.1) is 0 Å². The van der Waals surface area contributed by atoms with Crippen LogP contribution >= 0.6 is 15.9 Å². The van der Waals surface area contributed by atoms with Crippen molar-refractivity contribution in [2.24, 2.45) is 13.0 Å². The van der Waals surface area contributed by atoms with Gasteiger partial charge >= 0.3 is 0 Å². The Morgan fingerprint density at radius 3 is 2.59 bits per heavy atom. The second-order valence-corrected chi connectivity index (χ2v) is 5.83. The summed E-state index contributed by atoms with van der Waals surface area (Å²) in [5.74, 6) is 0.743. The minimum Gasteiger partial charge on any atom is -0.309 e. The molecule has 0 aliphatic heterocycles. The number of nitrogens with one attached hydrogen (secondary N) is 1. The Balaban J connectivity index is 2.74. The number of aromatic nitrogens is 2. The van der Waals surface area contributed by atoms with Crippen LogP contribution in [0.15, 0.2) is 10.7 Å². The van der Waals surface area contributed by atoms with E-state index in [1.807, 2.05) is 17.9 Å². The number of hydrogen-bond acceptors (Lipinski definition) is 2. The average Bonchev–Trinajstić information content (AvgIpc) is 2.60. The molecule has 0 amide bonds. The van der Waals surface area contributed by atoms with Gasteiger partial charge in [0.15, 0.2) is 0 Å². The van der Waals surface area contributed by atoms with Crippen LogP contribution in [0, 0.1) is 5.92 Å². The zero-order valence-electron chi connectivity index (χ0n) is 11.3. The van der Waals surface area contributed by atoms with Gasteiger partial charge in [0.2, 0.25) is 0 Å². The van der Waals surface area contributed by atoms with E-state index in [1.54, 1.807) is 0 Å². The molecular formula is C13H24BrN3. The molecule has 1 N–H and O–H groups in total.